The number of aromatic nitrogens is 1. The molecule has 5 nitrogen and oxygen atoms in total. The smallest absolute Gasteiger partial charge is 0.191 e. The van der Waals surface area contributed by atoms with Gasteiger partial charge in [0.1, 0.15) is 5.82 Å². The number of H-pyrrole nitrogens is 1. The molecule has 3 rings (SSSR count). The Balaban J connectivity index is 1.50. The summed E-state index contributed by atoms with van der Waals surface area (Å²) in [7, 11) is 0. The highest BCUT2D eigenvalue weighted by Crippen LogP contribution is 2.25. The van der Waals surface area contributed by atoms with E-state index in [1.54, 1.807) is 0 Å². The molecular formula is C20H30FN5. The molecule has 3 N–H and O–H groups in total. The molecular weight excluding hydrogens is 329 g/mol. The third-order valence-electron chi connectivity index (χ3n) is 4.89. The van der Waals surface area contributed by atoms with Crippen LogP contribution < -0.4 is 10.6 Å². The SMILES string of the molecule is CCNC(=NCCN(CC)C1CC1)NCCc1c[nH]c2cc(F)ccc12. The van der Waals surface area contributed by atoms with Crippen LogP contribution in [0.4, 0.5) is 4.39 Å². The fraction of sp³-hybridized carbons (Fsp3) is 0.550. The van der Waals surface area contributed by atoms with Gasteiger partial charge >= 0.3 is 0 Å². The maximum atomic E-state index is 13.3. The van der Waals surface area contributed by atoms with Crippen LogP contribution in [0.2, 0.25) is 0 Å². The molecule has 0 amide bonds. The number of rotatable bonds is 9. The number of benzene rings is 1. The number of guanidine groups is 1. The number of nitrogens with zero attached hydrogens (tertiary/aromatic N) is 2. The molecule has 0 radical (unpaired) electrons. The van der Waals surface area contributed by atoms with Crippen LogP contribution in [-0.2, 0) is 6.42 Å². The standard InChI is InChI=1S/C20H30FN5/c1-3-22-20(24-11-12-26(4-2)17-6-7-17)23-10-9-15-14-25-19-13-16(21)5-8-18(15)19/h5,8,13-14,17,25H,3-4,6-7,9-12H2,1-2H3,(H2,22,23,24). The Kier molecular flexibility index (Phi) is 6.50. The van der Waals surface area contributed by atoms with Crippen molar-refractivity contribution in [3.63, 3.8) is 0 Å². The highest BCUT2D eigenvalue weighted by molar-refractivity contribution is 5.83. The molecule has 1 aromatic carbocycles. The number of fused-ring (bicyclic) bond motifs is 1. The number of halogens is 1. The molecule has 1 fully saturated rings. The molecule has 0 bridgehead atoms. The number of aliphatic imine (C=N–C) groups is 1. The van der Waals surface area contributed by atoms with Gasteiger partial charge in [-0.25, -0.2) is 4.39 Å². The van der Waals surface area contributed by atoms with E-state index in [2.05, 4.69) is 34.4 Å². The van der Waals surface area contributed by atoms with Gasteiger partial charge in [0.2, 0.25) is 0 Å². The minimum Gasteiger partial charge on any atom is -0.361 e. The van der Waals surface area contributed by atoms with Gasteiger partial charge in [0, 0.05) is 42.8 Å². The summed E-state index contributed by atoms with van der Waals surface area (Å²) in [4.78, 5) is 10.4. The summed E-state index contributed by atoms with van der Waals surface area (Å²) in [5.41, 5.74) is 2.04. The lowest BCUT2D eigenvalue weighted by Crippen LogP contribution is -2.39. The topological polar surface area (TPSA) is 55.5 Å². The molecule has 142 valence electrons. The van der Waals surface area contributed by atoms with Crippen LogP contribution in [0, 0.1) is 5.82 Å². The van der Waals surface area contributed by atoms with Crippen LogP contribution in [0.15, 0.2) is 29.4 Å². The van der Waals surface area contributed by atoms with Crippen molar-refractivity contribution < 1.29 is 4.39 Å². The lowest BCUT2D eigenvalue weighted by atomic mass is 10.1. The second-order valence-corrected chi connectivity index (χ2v) is 6.80. The summed E-state index contributed by atoms with van der Waals surface area (Å²) in [5, 5.41) is 7.79. The van der Waals surface area contributed by atoms with Gasteiger partial charge in [-0.3, -0.25) is 9.89 Å². The van der Waals surface area contributed by atoms with Crippen LogP contribution in [0.3, 0.4) is 0 Å². The van der Waals surface area contributed by atoms with E-state index < -0.39 is 0 Å². The van der Waals surface area contributed by atoms with E-state index in [1.165, 1.54) is 30.5 Å². The van der Waals surface area contributed by atoms with Crippen LogP contribution in [0.5, 0.6) is 0 Å². The second kappa shape index (κ2) is 9.03. The van der Waals surface area contributed by atoms with E-state index in [9.17, 15) is 4.39 Å². The normalized spacial score (nSPS) is 15.0. The first kappa shape index (κ1) is 18.7. The van der Waals surface area contributed by atoms with E-state index in [0.29, 0.717) is 0 Å². The summed E-state index contributed by atoms with van der Waals surface area (Å²) in [6.45, 7) is 8.87. The van der Waals surface area contributed by atoms with E-state index in [1.807, 2.05) is 12.3 Å². The van der Waals surface area contributed by atoms with E-state index >= 15 is 0 Å². The Hall–Kier alpha value is -2.08. The van der Waals surface area contributed by atoms with Gasteiger partial charge in [0.15, 0.2) is 5.96 Å². The Labute approximate surface area is 155 Å². The van der Waals surface area contributed by atoms with E-state index in [0.717, 1.165) is 62.0 Å². The fourth-order valence-corrected chi connectivity index (χ4v) is 3.35. The summed E-state index contributed by atoms with van der Waals surface area (Å²) in [5.74, 6) is 0.656. The summed E-state index contributed by atoms with van der Waals surface area (Å²) >= 11 is 0. The summed E-state index contributed by atoms with van der Waals surface area (Å²) in [6, 6.07) is 5.68. The summed E-state index contributed by atoms with van der Waals surface area (Å²) < 4.78 is 13.3. The summed E-state index contributed by atoms with van der Waals surface area (Å²) in [6.07, 6.45) is 5.50. The maximum absolute atomic E-state index is 13.3. The molecule has 1 aliphatic carbocycles. The zero-order valence-corrected chi connectivity index (χ0v) is 15.8. The van der Waals surface area contributed by atoms with Crippen molar-refractivity contribution in [2.45, 2.75) is 39.2 Å². The second-order valence-electron chi connectivity index (χ2n) is 6.80. The number of hydrogen-bond acceptors (Lipinski definition) is 2. The monoisotopic (exact) mass is 359 g/mol. The molecule has 6 heteroatoms. The Bertz CT molecular complexity index is 735. The highest BCUT2D eigenvalue weighted by Gasteiger charge is 2.27. The first-order valence-corrected chi connectivity index (χ1v) is 9.73. The lowest BCUT2D eigenvalue weighted by Gasteiger charge is -2.18. The average molecular weight is 359 g/mol. The van der Waals surface area contributed by atoms with E-state index in [4.69, 9.17) is 4.99 Å². The molecule has 1 aliphatic rings. The zero-order valence-electron chi connectivity index (χ0n) is 15.8. The molecule has 0 atom stereocenters. The number of likely N-dealkylation sites (N-methyl/N-ethyl adjacent to an activating group) is 1. The van der Waals surface area contributed by atoms with Crippen molar-refractivity contribution in [2.75, 3.05) is 32.7 Å². The molecule has 0 spiro atoms. The predicted molar refractivity (Wildman–Crippen MR) is 106 cm³/mol. The predicted octanol–water partition coefficient (Wildman–Crippen LogP) is 2.89. The number of nitrogens with one attached hydrogen (secondary N) is 3. The quantitative estimate of drug-likeness (QED) is 0.477. The van der Waals surface area contributed by atoms with Crippen LogP contribution in [-0.4, -0.2) is 54.6 Å². The molecule has 0 unspecified atom stereocenters. The van der Waals surface area contributed by atoms with Crippen LogP contribution in [0.1, 0.15) is 32.3 Å². The Morgan fingerprint density at radius 2 is 2.15 bits per heavy atom. The van der Waals surface area contributed by atoms with Crippen molar-refractivity contribution in [1.82, 2.24) is 20.5 Å². The largest absolute Gasteiger partial charge is 0.361 e. The van der Waals surface area contributed by atoms with Crippen molar-refractivity contribution in [2.24, 2.45) is 4.99 Å². The third kappa shape index (κ3) is 4.97. The third-order valence-corrected chi connectivity index (χ3v) is 4.89. The van der Waals surface area contributed by atoms with Crippen LogP contribution in [0.25, 0.3) is 10.9 Å². The van der Waals surface area contributed by atoms with E-state index in [-0.39, 0.29) is 5.82 Å². The highest BCUT2D eigenvalue weighted by atomic mass is 19.1. The number of aromatic amines is 1. The molecule has 26 heavy (non-hydrogen) atoms. The molecule has 1 heterocycles. The van der Waals surface area contributed by atoms with Gasteiger partial charge < -0.3 is 15.6 Å². The fourth-order valence-electron chi connectivity index (χ4n) is 3.35. The van der Waals surface area contributed by atoms with Gasteiger partial charge in [-0.1, -0.05) is 6.92 Å². The molecule has 1 saturated carbocycles. The molecule has 0 saturated heterocycles. The van der Waals surface area contributed by atoms with Crippen molar-refractivity contribution >= 4 is 16.9 Å². The molecule has 2 aromatic rings. The molecule has 0 aliphatic heterocycles. The first-order valence-electron chi connectivity index (χ1n) is 9.73. The first-order chi connectivity index (χ1) is 12.7. The number of hydrogen-bond donors (Lipinski definition) is 3. The van der Waals surface area contributed by atoms with Crippen molar-refractivity contribution in [3.05, 3.63) is 35.8 Å². The van der Waals surface area contributed by atoms with Gasteiger partial charge in [0.25, 0.3) is 0 Å². The average Bonchev–Trinajstić information content (AvgIpc) is 3.40. The Morgan fingerprint density at radius 3 is 2.88 bits per heavy atom. The van der Waals surface area contributed by atoms with Crippen LogP contribution >= 0.6 is 0 Å². The minimum absolute atomic E-state index is 0.210. The maximum Gasteiger partial charge on any atom is 0.191 e. The Morgan fingerprint density at radius 1 is 1.31 bits per heavy atom. The van der Waals surface area contributed by atoms with Gasteiger partial charge in [0.05, 0.1) is 6.54 Å². The van der Waals surface area contributed by atoms with Gasteiger partial charge in [-0.05, 0) is 56.5 Å². The van der Waals surface area contributed by atoms with Crippen molar-refractivity contribution in [1.29, 1.82) is 0 Å². The minimum atomic E-state index is -0.210. The van der Waals surface area contributed by atoms with Gasteiger partial charge in [-0.15, -0.1) is 0 Å². The van der Waals surface area contributed by atoms with Gasteiger partial charge in [-0.2, -0.15) is 0 Å². The molecule has 1 aromatic heterocycles. The zero-order chi connectivity index (χ0) is 18.4. The lowest BCUT2D eigenvalue weighted by molar-refractivity contribution is 0.286. The van der Waals surface area contributed by atoms with Crippen molar-refractivity contribution in [3.8, 4) is 0 Å².